The van der Waals surface area contributed by atoms with Crippen LogP contribution < -0.4 is 20.7 Å². The van der Waals surface area contributed by atoms with Crippen LogP contribution in [0.1, 0.15) is 12.0 Å². The number of carbonyl (C=O) groups is 1. The minimum absolute atomic E-state index is 0.0263. The van der Waals surface area contributed by atoms with E-state index < -0.39 is 7.82 Å². The number of rotatable bonds is 15. The molecule has 0 radical (unpaired) electrons. The molecule has 1 fully saturated rings. The van der Waals surface area contributed by atoms with E-state index in [-0.39, 0.29) is 12.6 Å². The number of phosphoric acid groups is 1. The van der Waals surface area contributed by atoms with Crippen LogP contribution in [0.5, 0.6) is 5.75 Å². The Hall–Kier alpha value is -4.10. The first kappa shape index (κ1) is 33.3. The van der Waals surface area contributed by atoms with Gasteiger partial charge in [-0.15, -0.1) is 0 Å². The predicted octanol–water partition coefficient (Wildman–Crippen LogP) is 4.42. The number of carbonyl (C=O) groups excluding carboxylic acids is 1. The number of hydrogen-bond donors (Lipinski definition) is 5. The molecule has 3 aromatic carbocycles. The van der Waals surface area contributed by atoms with Crippen LogP contribution in [0.4, 0.5) is 22.0 Å². The van der Waals surface area contributed by atoms with Gasteiger partial charge in [-0.1, -0.05) is 30.3 Å². The molecule has 4 aromatic rings. The summed E-state index contributed by atoms with van der Waals surface area (Å²) in [4.78, 5) is 43.2. The smallest absolute Gasteiger partial charge is 0.469 e. The fraction of sp³-hybridized carbons (Fsp3) is 0.344. The van der Waals surface area contributed by atoms with Gasteiger partial charge in [0, 0.05) is 68.6 Å². The SMILES string of the molecule is O=C(Nc1ccccc1)Nc1ccc(CCNc2ncnc3cc(OCCCN4CCN(CCOP(=O)(O)O)CC4)ccc23)cc1. The number of nitrogens with one attached hydrogen (secondary N) is 3. The van der Waals surface area contributed by atoms with E-state index >= 15 is 0 Å². The average Bonchev–Trinajstić information content (AvgIpc) is 3.04. The van der Waals surface area contributed by atoms with E-state index in [2.05, 4.69) is 40.2 Å². The van der Waals surface area contributed by atoms with E-state index in [4.69, 9.17) is 14.5 Å². The molecule has 0 aliphatic carbocycles. The van der Waals surface area contributed by atoms with Crippen LogP contribution in [-0.2, 0) is 15.5 Å². The van der Waals surface area contributed by atoms with Crippen LogP contribution in [0.25, 0.3) is 10.9 Å². The van der Waals surface area contributed by atoms with Crippen molar-refractivity contribution in [2.75, 3.05) is 75.0 Å². The van der Waals surface area contributed by atoms with Crippen molar-refractivity contribution in [2.45, 2.75) is 12.8 Å². The fourth-order valence-corrected chi connectivity index (χ4v) is 5.49. The molecule has 1 aliphatic rings. The summed E-state index contributed by atoms with van der Waals surface area (Å²) in [5, 5.41) is 9.99. The third-order valence-electron chi connectivity index (χ3n) is 7.58. The zero-order valence-electron chi connectivity index (χ0n) is 25.5. The molecule has 2 amide bonds. The van der Waals surface area contributed by atoms with E-state index in [9.17, 15) is 9.36 Å². The zero-order chi connectivity index (χ0) is 32.2. The van der Waals surface area contributed by atoms with Crippen molar-refractivity contribution in [3.63, 3.8) is 0 Å². The van der Waals surface area contributed by atoms with Gasteiger partial charge >= 0.3 is 13.9 Å². The highest BCUT2D eigenvalue weighted by Gasteiger charge is 2.19. The first-order valence-electron chi connectivity index (χ1n) is 15.3. The Morgan fingerprint density at radius 2 is 1.54 bits per heavy atom. The van der Waals surface area contributed by atoms with Gasteiger partial charge in [-0.25, -0.2) is 19.3 Å². The molecule has 46 heavy (non-hydrogen) atoms. The van der Waals surface area contributed by atoms with Gasteiger partial charge in [-0.05, 0) is 54.8 Å². The maximum absolute atomic E-state index is 12.2. The molecule has 13 nitrogen and oxygen atoms in total. The molecule has 1 saturated heterocycles. The summed E-state index contributed by atoms with van der Waals surface area (Å²) in [6, 6.07) is 22.6. The van der Waals surface area contributed by atoms with Crippen molar-refractivity contribution in [3.05, 3.63) is 84.7 Å². The number of anilines is 3. The topological polar surface area (TPSA) is 161 Å². The quantitative estimate of drug-likeness (QED) is 0.0916. The van der Waals surface area contributed by atoms with Crippen molar-refractivity contribution < 1.29 is 28.4 Å². The van der Waals surface area contributed by atoms with Crippen LogP contribution in [0, 0.1) is 0 Å². The van der Waals surface area contributed by atoms with Crippen LogP contribution in [0.2, 0.25) is 0 Å². The van der Waals surface area contributed by atoms with Gasteiger partial charge in [0.15, 0.2) is 0 Å². The van der Waals surface area contributed by atoms with Crippen molar-refractivity contribution in [1.82, 2.24) is 19.8 Å². The minimum Gasteiger partial charge on any atom is -0.493 e. The lowest BCUT2D eigenvalue weighted by molar-refractivity contribution is 0.103. The summed E-state index contributed by atoms with van der Waals surface area (Å²) < 4.78 is 21.4. The highest BCUT2D eigenvalue weighted by atomic mass is 31.2. The summed E-state index contributed by atoms with van der Waals surface area (Å²) in [7, 11) is -4.40. The Morgan fingerprint density at radius 1 is 0.848 bits per heavy atom. The van der Waals surface area contributed by atoms with Gasteiger partial charge in [0.25, 0.3) is 0 Å². The molecule has 1 aromatic heterocycles. The number of benzene rings is 3. The highest BCUT2D eigenvalue weighted by Crippen LogP contribution is 2.35. The summed E-state index contributed by atoms with van der Waals surface area (Å²) in [6.45, 7) is 6.19. The van der Waals surface area contributed by atoms with Gasteiger partial charge in [0.1, 0.15) is 17.9 Å². The van der Waals surface area contributed by atoms with E-state index in [1.165, 1.54) is 0 Å². The molecule has 5 N–H and O–H groups in total. The second-order valence-corrected chi connectivity index (χ2v) is 12.2. The Kier molecular flexibility index (Phi) is 11.9. The average molecular weight is 650 g/mol. The third kappa shape index (κ3) is 10.8. The Labute approximate surface area is 268 Å². The zero-order valence-corrected chi connectivity index (χ0v) is 26.4. The molecule has 0 saturated carbocycles. The van der Waals surface area contributed by atoms with Crippen molar-refractivity contribution in [3.8, 4) is 5.75 Å². The van der Waals surface area contributed by atoms with Gasteiger partial charge in [0.2, 0.25) is 0 Å². The van der Waals surface area contributed by atoms with Crippen molar-refractivity contribution >= 4 is 41.9 Å². The first-order valence-corrected chi connectivity index (χ1v) is 16.8. The highest BCUT2D eigenvalue weighted by molar-refractivity contribution is 7.46. The molecule has 14 heteroatoms. The number of piperazine rings is 1. The lowest BCUT2D eigenvalue weighted by Crippen LogP contribution is -2.47. The lowest BCUT2D eigenvalue weighted by Gasteiger charge is -2.34. The number of ether oxygens (including phenoxy) is 1. The van der Waals surface area contributed by atoms with E-state index in [0.717, 1.165) is 85.0 Å². The fourth-order valence-electron chi connectivity index (χ4n) is 5.17. The van der Waals surface area contributed by atoms with Crippen molar-refractivity contribution in [1.29, 1.82) is 0 Å². The molecule has 0 bridgehead atoms. The summed E-state index contributed by atoms with van der Waals surface area (Å²) in [5.41, 5.74) is 3.38. The number of amides is 2. The molecule has 244 valence electrons. The van der Waals surface area contributed by atoms with Crippen LogP contribution in [-0.4, -0.2) is 94.6 Å². The number of fused-ring (bicyclic) bond motifs is 1. The second-order valence-electron chi connectivity index (χ2n) is 10.9. The standard InChI is InChI=1S/C32H40N7O6P/c40-32(36-26-5-2-1-3-6-26)37-27-9-7-25(8-10-27)13-14-33-31-29-12-11-28(23-30(29)34-24-35-31)44-21-4-15-38-16-18-39(19-17-38)20-22-45-46(41,42)43/h1-3,5-12,23-24H,4,13-22H2,(H,33,34,35)(H2,36,37,40)(H2,41,42,43). The molecule has 5 rings (SSSR count). The number of para-hydroxylation sites is 1. The number of urea groups is 1. The number of aromatic nitrogens is 2. The van der Waals surface area contributed by atoms with Crippen LogP contribution >= 0.6 is 7.82 Å². The molecule has 0 unspecified atom stereocenters. The van der Waals surface area contributed by atoms with Crippen LogP contribution in [0.15, 0.2) is 79.1 Å². The van der Waals surface area contributed by atoms with Gasteiger partial charge in [-0.2, -0.15) is 0 Å². The first-order chi connectivity index (χ1) is 22.3. The number of nitrogens with zero attached hydrogens (tertiary/aromatic N) is 4. The maximum atomic E-state index is 12.2. The third-order valence-corrected chi connectivity index (χ3v) is 8.10. The second kappa shape index (κ2) is 16.5. The molecular formula is C32H40N7O6P. The van der Waals surface area contributed by atoms with E-state index in [1.807, 2.05) is 72.8 Å². The normalized spacial score (nSPS) is 14.2. The Balaban J connectivity index is 1.00. The maximum Gasteiger partial charge on any atom is 0.469 e. The summed E-state index contributed by atoms with van der Waals surface area (Å²) in [6.07, 6.45) is 3.21. The molecule has 2 heterocycles. The Morgan fingerprint density at radius 3 is 2.26 bits per heavy atom. The number of hydrogen-bond acceptors (Lipinski definition) is 9. The predicted molar refractivity (Wildman–Crippen MR) is 178 cm³/mol. The van der Waals surface area contributed by atoms with Crippen molar-refractivity contribution in [2.24, 2.45) is 0 Å². The summed E-state index contributed by atoms with van der Waals surface area (Å²) in [5.74, 6) is 1.53. The minimum atomic E-state index is -4.40. The van der Waals surface area contributed by atoms with Gasteiger partial charge < -0.3 is 35.4 Å². The molecular weight excluding hydrogens is 609 g/mol. The number of phosphoric ester groups is 1. The van der Waals surface area contributed by atoms with E-state index in [1.54, 1.807) is 6.33 Å². The lowest BCUT2D eigenvalue weighted by atomic mass is 10.1. The molecule has 0 atom stereocenters. The molecule has 1 aliphatic heterocycles. The van der Waals surface area contributed by atoms with E-state index in [0.29, 0.717) is 19.7 Å². The summed E-state index contributed by atoms with van der Waals surface area (Å²) >= 11 is 0. The molecule has 0 spiro atoms. The largest absolute Gasteiger partial charge is 0.493 e. The van der Waals surface area contributed by atoms with Gasteiger partial charge in [0.05, 0.1) is 18.7 Å². The van der Waals surface area contributed by atoms with Gasteiger partial charge in [-0.3, -0.25) is 9.42 Å². The Bertz CT molecular complexity index is 1600. The van der Waals surface area contributed by atoms with Crippen LogP contribution in [0.3, 0.4) is 0 Å². The monoisotopic (exact) mass is 649 g/mol.